The molecule has 0 atom stereocenters. The van der Waals surface area contributed by atoms with E-state index < -0.39 is 7.12 Å². The Bertz CT molecular complexity index is 1180. The summed E-state index contributed by atoms with van der Waals surface area (Å²) < 4.78 is 12.4. The smallest absolute Gasteiger partial charge is 0.398 e. The first-order valence-electron chi connectivity index (χ1n) is 9.41. The lowest BCUT2D eigenvalue weighted by molar-refractivity contribution is 0.00578. The van der Waals surface area contributed by atoms with Gasteiger partial charge in [0.25, 0.3) is 0 Å². The molecule has 134 valence electrons. The minimum absolute atomic E-state index is 0.375. The van der Waals surface area contributed by atoms with Crippen molar-refractivity contribution in [3.63, 3.8) is 0 Å². The van der Waals surface area contributed by atoms with Crippen molar-refractivity contribution in [1.82, 2.24) is 4.98 Å². The van der Waals surface area contributed by atoms with Crippen LogP contribution in [0.5, 0.6) is 0 Å². The first-order chi connectivity index (χ1) is 12.9. The summed E-state index contributed by atoms with van der Waals surface area (Å²) in [6.45, 7) is 8.27. The molecule has 4 heteroatoms. The summed E-state index contributed by atoms with van der Waals surface area (Å²) in [5.74, 6) is 0. The molecule has 5 rings (SSSR count). The van der Waals surface area contributed by atoms with Crippen LogP contribution in [0.3, 0.4) is 0 Å². The van der Waals surface area contributed by atoms with Crippen LogP contribution >= 0.6 is 0 Å². The quantitative estimate of drug-likeness (QED) is 0.362. The van der Waals surface area contributed by atoms with Gasteiger partial charge in [0.15, 0.2) is 0 Å². The maximum atomic E-state index is 6.21. The topological polar surface area (TPSA) is 31.4 Å². The minimum Gasteiger partial charge on any atom is -0.398 e. The number of fused-ring (bicyclic) bond motifs is 5. The summed E-state index contributed by atoms with van der Waals surface area (Å²) in [7, 11) is -0.454. The van der Waals surface area contributed by atoms with E-state index in [1.54, 1.807) is 0 Å². The van der Waals surface area contributed by atoms with Gasteiger partial charge in [-0.15, -0.1) is 0 Å². The standard InChI is InChI=1S/C23H22BNO2/c1-22(2)23(3,4)27-24(26-22)20-13-19-17(14-25-20)12-11-16-10-9-15-7-5-6-8-18(15)21(16)19/h5-14H,1-4H3. The van der Waals surface area contributed by atoms with E-state index in [1.807, 2.05) is 6.20 Å². The number of pyridine rings is 1. The minimum atomic E-state index is -0.454. The van der Waals surface area contributed by atoms with Crippen molar-refractivity contribution in [2.45, 2.75) is 38.9 Å². The van der Waals surface area contributed by atoms with E-state index in [2.05, 4.69) is 87.3 Å². The highest BCUT2D eigenvalue weighted by Crippen LogP contribution is 2.37. The van der Waals surface area contributed by atoms with Gasteiger partial charge in [0.05, 0.1) is 16.8 Å². The molecule has 0 bridgehead atoms. The molecule has 0 N–H and O–H groups in total. The molecular weight excluding hydrogens is 333 g/mol. The molecule has 3 aromatic carbocycles. The molecule has 2 heterocycles. The molecule has 27 heavy (non-hydrogen) atoms. The van der Waals surface area contributed by atoms with Crippen LogP contribution in [0.1, 0.15) is 27.7 Å². The predicted molar refractivity (Wildman–Crippen MR) is 112 cm³/mol. The van der Waals surface area contributed by atoms with Crippen LogP contribution in [0.2, 0.25) is 0 Å². The lowest BCUT2D eigenvalue weighted by atomic mass is 9.82. The van der Waals surface area contributed by atoms with Gasteiger partial charge in [0.1, 0.15) is 0 Å². The van der Waals surface area contributed by atoms with Gasteiger partial charge in [0, 0.05) is 11.6 Å². The Labute approximate surface area is 159 Å². The molecular formula is C23H22BNO2. The number of rotatable bonds is 1. The summed E-state index contributed by atoms with van der Waals surface area (Å²) in [5, 5.41) is 7.29. The highest BCUT2D eigenvalue weighted by molar-refractivity contribution is 6.61. The highest BCUT2D eigenvalue weighted by atomic mass is 16.7. The van der Waals surface area contributed by atoms with E-state index in [1.165, 1.54) is 26.9 Å². The fraction of sp³-hybridized carbons (Fsp3) is 0.261. The largest absolute Gasteiger partial charge is 0.514 e. The molecule has 0 radical (unpaired) electrons. The molecule has 1 aliphatic rings. The second-order valence-electron chi connectivity index (χ2n) is 8.37. The van der Waals surface area contributed by atoms with Gasteiger partial charge >= 0.3 is 7.12 Å². The Kier molecular flexibility index (Phi) is 3.43. The molecule has 1 aromatic heterocycles. The van der Waals surface area contributed by atoms with Crippen molar-refractivity contribution in [3.8, 4) is 0 Å². The van der Waals surface area contributed by atoms with Crippen molar-refractivity contribution in [3.05, 3.63) is 60.8 Å². The van der Waals surface area contributed by atoms with E-state index in [0.717, 1.165) is 11.0 Å². The molecule has 1 fully saturated rings. The van der Waals surface area contributed by atoms with Gasteiger partial charge in [-0.1, -0.05) is 48.5 Å². The van der Waals surface area contributed by atoms with Gasteiger partial charge in [0.2, 0.25) is 0 Å². The van der Waals surface area contributed by atoms with E-state index in [4.69, 9.17) is 9.31 Å². The summed E-state index contributed by atoms with van der Waals surface area (Å²) in [5.41, 5.74) is 0.0704. The molecule has 1 saturated heterocycles. The van der Waals surface area contributed by atoms with Crippen molar-refractivity contribution in [2.75, 3.05) is 0 Å². The van der Waals surface area contributed by atoms with Crippen LogP contribution in [0.15, 0.2) is 60.8 Å². The van der Waals surface area contributed by atoms with Crippen LogP contribution in [-0.2, 0) is 9.31 Å². The first-order valence-corrected chi connectivity index (χ1v) is 9.41. The van der Waals surface area contributed by atoms with Crippen LogP contribution in [0.4, 0.5) is 0 Å². The summed E-state index contributed by atoms with van der Waals surface area (Å²) in [6.07, 6.45) is 1.93. The molecule has 1 aliphatic heterocycles. The molecule has 3 nitrogen and oxygen atoms in total. The second kappa shape index (κ2) is 5.54. The summed E-state index contributed by atoms with van der Waals surface area (Å²) >= 11 is 0. The Hall–Kier alpha value is -2.43. The number of hydrogen-bond donors (Lipinski definition) is 0. The zero-order chi connectivity index (χ0) is 18.8. The lowest BCUT2D eigenvalue weighted by Crippen LogP contribution is -2.41. The number of hydrogen-bond acceptors (Lipinski definition) is 3. The SMILES string of the molecule is CC1(C)OB(c2cc3c(ccc4ccc5ccccc5c43)cn2)OC1(C)C. The highest BCUT2D eigenvalue weighted by Gasteiger charge is 2.52. The van der Waals surface area contributed by atoms with Crippen LogP contribution in [0.25, 0.3) is 32.3 Å². The number of aromatic nitrogens is 1. The average molecular weight is 355 g/mol. The average Bonchev–Trinajstić information content (AvgIpc) is 2.88. The van der Waals surface area contributed by atoms with E-state index >= 15 is 0 Å². The van der Waals surface area contributed by atoms with Crippen molar-refractivity contribution in [1.29, 1.82) is 0 Å². The summed E-state index contributed by atoms with van der Waals surface area (Å²) in [4.78, 5) is 4.66. The van der Waals surface area contributed by atoms with Gasteiger partial charge in [-0.25, -0.2) is 0 Å². The fourth-order valence-corrected chi connectivity index (χ4v) is 3.83. The Morgan fingerprint density at radius 1 is 0.741 bits per heavy atom. The first kappa shape index (κ1) is 16.7. The zero-order valence-electron chi connectivity index (χ0n) is 16.1. The van der Waals surface area contributed by atoms with Crippen LogP contribution in [-0.4, -0.2) is 23.3 Å². The van der Waals surface area contributed by atoms with Crippen molar-refractivity contribution < 1.29 is 9.31 Å². The maximum absolute atomic E-state index is 6.21. The third kappa shape index (κ3) is 2.48. The molecule has 0 amide bonds. The number of benzene rings is 3. The maximum Gasteiger partial charge on any atom is 0.514 e. The van der Waals surface area contributed by atoms with Gasteiger partial charge < -0.3 is 9.31 Å². The zero-order valence-corrected chi connectivity index (χ0v) is 16.1. The monoisotopic (exact) mass is 355 g/mol. The van der Waals surface area contributed by atoms with E-state index in [0.29, 0.717) is 0 Å². The van der Waals surface area contributed by atoms with E-state index in [-0.39, 0.29) is 11.2 Å². The Morgan fingerprint density at radius 2 is 1.37 bits per heavy atom. The molecule has 0 aliphatic carbocycles. The van der Waals surface area contributed by atoms with Gasteiger partial charge in [-0.05, 0) is 60.7 Å². The third-order valence-corrected chi connectivity index (χ3v) is 6.12. The lowest BCUT2D eigenvalue weighted by Gasteiger charge is -2.32. The molecule has 4 aromatic rings. The fourth-order valence-electron chi connectivity index (χ4n) is 3.83. The molecule has 0 unspecified atom stereocenters. The molecule has 0 spiro atoms. The van der Waals surface area contributed by atoms with Crippen molar-refractivity contribution in [2.24, 2.45) is 0 Å². The van der Waals surface area contributed by atoms with Crippen molar-refractivity contribution >= 4 is 45.0 Å². The Morgan fingerprint density at radius 3 is 2.11 bits per heavy atom. The third-order valence-electron chi connectivity index (χ3n) is 6.12. The van der Waals surface area contributed by atoms with Crippen LogP contribution in [0, 0.1) is 0 Å². The van der Waals surface area contributed by atoms with Crippen LogP contribution < -0.4 is 5.59 Å². The predicted octanol–water partition coefficient (Wildman–Crippen LogP) is 4.84. The van der Waals surface area contributed by atoms with E-state index in [9.17, 15) is 0 Å². The second-order valence-corrected chi connectivity index (χ2v) is 8.37. The van der Waals surface area contributed by atoms with Gasteiger partial charge in [-0.2, -0.15) is 0 Å². The Balaban J connectivity index is 1.76. The normalized spacial score (nSPS) is 18.6. The summed E-state index contributed by atoms with van der Waals surface area (Å²) in [6, 6.07) is 19.3. The molecule has 0 saturated carbocycles. The van der Waals surface area contributed by atoms with Gasteiger partial charge in [-0.3, -0.25) is 4.98 Å². The number of nitrogens with zero attached hydrogens (tertiary/aromatic N) is 1.